The number of amides is 1. The number of ether oxygens (including phenoxy) is 1. The molecule has 0 spiro atoms. The number of carbonyl (C=O) groups excluding carboxylic acids is 2. The Morgan fingerprint density at radius 2 is 1.75 bits per heavy atom. The number of esters is 1. The summed E-state index contributed by atoms with van der Waals surface area (Å²) in [6.45, 7) is 0.645. The molecule has 15 heteroatoms. The molecule has 3 N–H and O–H groups in total. The monoisotopic (exact) mass is 832 g/mol. The molecule has 1 amide bonds. The van der Waals surface area contributed by atoms with Crippen LogP contribution in [0.15, 0.2) is 104 Å². The second kappa shape index (κ2) is 15.2. The number of carboxylic acid groups (broad SMARTS) is 1. The summed E-state index contributed by atoms with van der Waals surface area (Å²) in [6, 6.07) is 24.8. The van der Waals surface area contributed by atoms with Gasteiger partial charge in [-0.2, -0.15) is 13.2 Å². The lowest BCUT2D eigenvalue weighted by atomic mass is 10.1. The Morgan fingerprint density at radius 1 is 0.950 bits per heavy atom. The van der Waals surface area contributed by atoms with Crippen LogP contribution in [0.5, 0.6) is 0 Å². The van der Waals surface area contributed by atoms with Crippen molar-refractivity contribution in [1.29, 1.82) is 0 Å². The van der Waals surface area contributed by atoms with E-state index in [1.54, 1.807) is 18.3 Å². The molecule has 2 saturated carbocycles. The minimum absolute atomic E-state index is 0.0416. The zero-order valence-electron chi connectivity index (χ0n) is 32.0. The molecule has 2 aliphatic carbocycles. The van der Waals surface area contributed by atoms with Crippen molar-refractivity contribution >= 4 is 74.3 Å². The van der Waals surface area contributed by atoms with Gasteiger partial charge in [0.25, 0.3) is 0 Å². The van der Waals surface area contributed by atoms with Crippen LogP contribution in [0, 0.1) is 5.92 Å². The maximum atomic E-state index is 14.1. The minimum atomic E-state index is -5.27. The number of pyridine rings is 2. The number of nitrogens with zero attached hydrogens (tertiary/aromatic N) is 4. The third-order valence-corrected chi connectivity index (χ3v) is 11.4. The molecular weight excluding hydrogens is 797 g/mol. The summed E-state index contributed by atoms with van der Waals surface area (Å²) in [4.78, 5) is 50.7. The highest BCUT2D eigenvalue weighted by atomic mass is 35.5. The topological polar surface area (TPSA) is 142 Å². The Morgan fingerprint density at radius 3 is 2.50 bits per heavy atom. The van der Waals surface area contributed by atoms with Crippen molar-refractivity contribution in [3.8, 4) is 0 Å². The SMILES string of the molecule is COC(=O)c1cc(C2CC2)cnc1N(C(=O)C(F)(F)F)c1ccc2[nH]c(CC3CC3c3cnc(Nc4ccc5c(ccn5Cc5cccc(Cl)c5)c4)c(C(=O)O)c3)cc2c1. The largest absolute Gasteiger partial charge is 0.478 e. The fraction of sp³-hybridized carbons (Fsp3) is 0.222. The molecule has 304 valence electrons. The molecule has 60 heavy (non-hydrogen) atoms. The first-order chi connectivity index (χ1) is 28.8. The number of rotatable bonds is 12. The number of carbonyl (C=O) groups is 3. The average molecular weight is 833 g/mol. The molecule has 2 aliphatic rings. The molecule has 0 radical (unpaired) electrons. The van der Waals surface area contributed by atoms with Crippen LogP contribution < -0.4 is 10.2 Å². The van der Waals surface area contributed by atoms with Gasteiger partial charge < -0.3 is 24.7 Å². The molecule has 0 aliphatic heterocycles. The van der Waals surface area contributed by atoms with Gasteiger partial charge in [0.1, 0.15) is 16.9 Å². The van der Waals surface area contributed by atoms with Gasteiger partial charge in [0.15, 0.2) is 5.82 Å². The van der Waals surface area contributed by atoms with Gasteiger partial charge in [-0.3, -0.25) is 9.69 Å². The quantitative estimate of drug-likeness (QED) is 0.103. The van der Waals surface area contributed by atoms with E-state index < -0.39 is 29.8 Å². The van der Waals surface area contributed by atoms with E-state index in [2.05, 4.69) is 24.8 Å². The van der Waals surface area contributed by atoms with E-state index in [-0.39, 0.29) is 40.4 Å². The van der Waals surface area contributed by atoms with Gasteiger partial charge in [0.2, 0.25) is 0 Å². The summed E-state index contributed by atoms with van der Waals surface area (Å²) >= 11 is 6.18. The van der Waals surface area contributed by atoms with Crippen molar-refractivity contribution in [3.63, 3.8) is 0 Å². The number of carboxylic acids is 1. The van der Waals surface area contributed by atoms with Crippen LogP contribution in [0.1, 0.15) is 74.2 Å². The Bertz CT molecular complexity index is 2850. The van der Waals surface area contributed by atoms with Crippen molar-refractivity contribution in [3.05, 3.63) is 142 Å². The number of alkyl halides is 3. The van der Waals surface area contributed by atoms with E-state index in [0.29, 0.717) is 45.0 Å². The highest BCUT2D eigenvalue weighted by Gasteiger charge is 2.46. The highest BCUT2D eigenvalue weighted by Crippen LogP contribution is 2.50. The standard InChI is InChI=1S/C45H36ClF3N6O5/c1-60-43(58)37-19-29(25-5-6-25)21-51-41(37)55(44(59)45(47,48)49)34-8-9-38-28(17-34)16-33(52-38)15-27-18-35(27)30-20-36(42(56)57)40(50-22-30)53-32-7-10-39-26(14-32)11-12-54(39)23-24-3-2-4-31(46)13-24/h2-4,7-14,16-17,19-22,25,27,35,52H,5-6,15,18,23H2,1H3,(H,50,53)(H,56,57). The molecule has 3 aromatic carbocycles. The van der Waals surface area contributed by atoms with E-state index in [1.165, 1.54) is 24.4 Å². The molecule has 4 heterocycles. The lowest BCUT2D eigenvalue weighted by Gasteiger charge is -2.25. The number of aromatic carboxylic acids is 1. The van der Waals surface area contributed by atoms with Crippen LogP contribution in [0.4, 0.5) is 36.2 Å². The maximum Gasteiger partial charge on any atom is 0.472 e. The summed E-state index contributed by atoms with van der Waals surface area (Å²) in [5.74, 6) is -4.13. The van der Waals surface area contributed by atoms with Crippen LogP contribution in [-0.2, 0) is 22.5 Å². The van der Waals surface area contributed by atoms with Crippen LogP contribution in [0.2, 0.25) is 5.02 Å². The number of methoxy groups -OCH3 is 1. The molecule has 7 aromatic rings. The summed E-state index contributed by atoms with van der Waals surface area (Å²) in [5, 5.41) is 15.6. The van der Waals surface area contributed by atoms with Gasteiger partial charge in [-0.15, -0.1) is 0 Å². The third kappa shape index (κ3) is 7.77. The third-order valence-electron chi connectivity index (χ3n) is 11.2. The zero-order chi connectivity index (χ0) is 41.9. The lowest BCUT2D eigenvalue weighted by molar-refractivity contribution is -0.169. The number of aromatic amines is 1. The van der Waals surface area contributed by atoms with Crippen molar-refractivity contribution in [1.82, 2.24) is 19.5 Å². The number of hydrogen-bond donors (Lipinski definition) is 3. The molecule has 2 fully saturated rings. The lowest BCUT2D eigenvalue weighted by Crippen LogP contribution is -2.39. The molecule has 0 saturated heterocycles. The Hall–Kier alpha value is -6.67. The van der Waals surface area contributed by atoms with Crippen molar-refractivity contribution < 1.29 is 37.4 Å². The number of benzene rings is 3. The van der Waals surface area contributed by atoms with Crippen LogP contribution in [-0.4, -0.2) is 55.8 Å². The fourth-order valence-electron chi connectivity index (χ4n) is 7.94. The van der Waals surface area contributed by atoms with Crippen molar-refractivity contribution in [2.24, 2.45) is 5.92 Å². The molecule has 4 aromatic heterocycles. The number of fused-ring (bicyclic) bond motifs is 2. The average Bonchev–Trinajstić information content (AvgIpc) is 4.14. The molecule has 0 bridgehead atoms. The van der Waals surface area contributed by atoms with E-state index >= 15 is 0 Å². The van der Waals surface area contributed by atoms with Crippen molar-refractivity contribution in [2.75, 3.05) is 17.3 Å². The second-order valence-electron chi connectivity index (χ2n) is 15.4. The first kappa shape index (κ1) is 38.8. The van der Waals surface area contributed by atoms with Crippen LogP contribution in [0.3, 0.4) is 0 Å². The molecular formula is C45H36ClF3N6O5. The van der Waals surface area contributed by atoms with Crippen LogP contribution >= 0.6 is 11.6 Å². The number of hydrogen-bond acceptors (Lipinski definition) is 7. The summed E-state index contributed by atoms with van der Waals surface area (Å²) < 4.78 is 49.2. The Balaban J connectivity index is 0.917. The van der Waals surface area contributed by atoms with Crippen LogP contribution in [0.25, 0.3) is 21.8 Å². The van der Waals surface area contributed by atoms with E-state index in [1.807, 2.05) is 60.8 Å². The van der Waals surface area contributed by atoms with Gasteiger partial charge in [-0.25, -0.2) is 19.6 Å². The first-order valence-electron chi connectivity index (χ1n) is 19.3. The number of nitrogens with one attached hydrogen (secondary N) is 2. The van der Waals surface area contributed by atoms with E-state index in [4.69, 9.17) is 16.3 Å². The minimum Gasteiger partial charge on any atom is -0.478 e. The van der Waals surface area contributed by atoms with Gasteiger partial charge in [0, 0.05) is 63.3 Å². The van der Waals surface area contributed by atoms with Gasteiger partial charge >= 0.3 is 24.0 Å². The van der Waals surface area contributed by atoms with E-state index in [0.717, 1.165) is 54.1 Å². The number of aromatic nitrogens is 4. The normalized spacial score (nSPS) is 16.2. The smallest absolute Gasteiger partial charge is 0.472 e. The predicted octanol–water partition coefficient (Wildman–Crippen LogP) is 10.3. The second-order valence-corrected chi connectivity index (χ2v) is 15.8. The number of H-pyrrole nitrogens is 1. The zero-order valence-corrected chi connectivity index (χ0v) is 32.7. The number of anilines is 4. The Kier molecular flexibility index (Phi) is 9.82. The summed E-state index contributed by atoms with van der Waals surface area (Å²) in [7, 11) is 1.12. The maximum absolute atomic E-state index is 14.1. The van der Waals surface area contributed by atoms with Gasteiger partial charge in [-0.05, 0) is 133 Å². The molecule has 2 atom stereocenters. The summed E-state index contributed by atoms with van der Waals surface area (Å²) in [5.41, 5.74) is 5.38. The molecule has 9 rings (SSSR count). The van der Waals surface area contributed by atoms with Gasteiger partial charge in [0.05, 0.1) is 12.8 Å². The Labute approximate surface area is 345 Å². The first-order valence-corrected chi connectivity index (χ1v) is 19.7. The van der Waals surface area contributed by atoms with E-state index in [9.17, 15) is 32.7 Å². The summed E-state index contributed by atoms with van der Waals surface area (Å²) in [6.07, 6.45) is 2.91. The highest BCUT2D eigenvalue weighted by molar-refractivity contribution is 6.30. The fourth-order valence-corrected chi connectivity index (χ4v) is 8.15. The molecule has 11 nitrogen and oxygen atoms in total. The molecule has 2 unspecified atom stereocenters. The number of halogens is 4. The van der Waals surface area contributed by atoms with Crippen molar-refractivity contribution in [2.45, 2.75) is 50.2 Å². The predicted molar refractivity (Wildman–Crippen MR) is 221 cm³/mol. The van der Waals surface area contributed by atoms with Gasteiger partial charge in [-0.1, -0.05) is 23.7 Å².